The molecule has 1 aliphatic rings. The molecule has 1 fully saturated rings. The van der Waals surface area contributed by atoms with E-state index in [-0.39, 0.29) is 12.1 Å². The van der Waals surface area contributed by atoms with E-state index in [4.69, 9.17) is 0 Å². The number of rotatable bonds is 7. The lowest BCUT2D eigenvalue weighted by Gasteiger charge is -2.30. The Labute approximate surface area is 152 Å². The summed E-state index contributed by atoms with van der Waals surface area (Å²) in [6, 6.07) is 8.27. The van der Waals surface area contributed by atoms with Gasteiger partial charge in [-0.1, -0.05) is 38.1 Å². The van der Waals surface area contributed by atoms with Crippen LogP contribution >= 0.6 is 0 Å². The number of carbonyl (C=O) groups is 1. The van der Waals surface area contributed by atoms with Crippen molar-refractivity contribution in [3.63, 3.8) is 0 Å². The molecule has 0 atom stereocenters. The summed E-state index contributed by atoms with van der Waals surface area (Å²) in [6.45, 7) is 8.41. The molecule has 5 heteroatoms. The predicted octanol–water partition coefficient (Wildman–Crippen LogP) is 2.83. The normalized spacial score (nSPS) is 16.2. The maximum atomic E-state index is 12.2. The summed E-state index contributed by atoms with van der Waals surface area (Å²) in [5.41, 5.74) is 2.42. The molecule has 1 saturated heterocycles. The van der Waals surface area contributed by atoms with E-state index >= 15 is 0 Å². The van der Waals surface area contributed by atoms with Crippen LogP contribution < -0.4 is 5.32 Å². The molecule has 25 heavy (non-hydrogen) atoms. The SMILES string of the molecule is CC(C)CCN(C)C(=O)NCc1ccccc1CN1CCC(O)CC1. The Bertz CT molecular complexity index is 539. The standard InChI is InChI=1S/C20H33N3O2/c1-16(2)8-11-22(3)20(25)21-14-17-6-4-5-7-18(17)15-23-12-9-19(24)10-13-23/h4-7,16,19,24H,8-15H2,1-3H3,(H,21,25). The van der Waals surface area contributed by atoms with Gasteiger partial charge in [-0.15, -0.1) is 0 Å². The summed E-state index contributed by atoms with van der Waals surface area (Å²) in [4.78, 5) is 16.4. The molecule has 0 spiro atoms. The molecule has 0 radical (unpaired) electrons. The van der Waals surface area contributed by atoms with Crippen LogP contribution in [0.3, 0.4) is 0 Å². The number of nitrogens with one attached hydrogen (secondary N) is 1. The van der Waals surface area contributed by atoms with Crippen LogP contribution in [0.1, 0.15) is 44.2 Å². The summed E-state index contributed by atoms with van der Waals surface area (Å²) in [5.74, 6) is 0.596. The molecule has 2 N–H and O–H groups in total. The van der Waals surface area contributed by atoms with Gasteiger partial charge < -0.3 is 15.3 Å². The topological polar surface area (TPSA) is 55.8 Å². The maximum absolute atomic E-state index is 12.2. The van der Waals surface area contributed by atoms with Gasteiger partial charge in [0.2, 0.25) is 0 Å². The quantitative estimate of drug-likeness (QED) is 0.797. The monoisotopic (exact) mass is 347 g/mol. The largest absolute Gasteiger partial charge is 0.393 e. The van der Waals surface area contributed by atoms with Crippen LogP contribution in [0.25, 0.3) is 0 Å². The molecule has 1 aromatic carbocycles. The van der Waals surface area contributed by atoms with Gasteiger partial charge in [-0.3, -0.25) is 4.90 Å². The number of hydrogen-bond acceptors (Lipinski definition) is 3. The summed E-state index contributed by atoms with van der Waals surface area (Å²) < 4.78 is 0. The minimum atomic E-state index is -0.146. The number of piperidine rings is 1. The van der Waals surface area contributed by atoms with Crippen molar-refractivity contribution in [1.29, 1.82) is 0 Å². The number of likely N-dealkylation sites (tertiary alicyclic amines) is 1. The number of nitrogens with zero attached hydrogens (tertiary/aromatic N) is 2. The van der Waals surface area contributed by atoms with Gasteiger partial charge in [0.15, 0.2) is 0 Å². The van der Waals surface area contributed by atoms with Gasteiger partial charge in [-0.25, -0.2) is 4.79 Å². The van der Waals surface area contributed by atoms with Crippen LogP contribution in [0.2, 0.25) is 0 Å². The summed E-state index contributed by atoms with van der Waals surface area (Å²) >= 11 is 0. The predicted molar refractivity (Wildman–Crippen MR) is 101 cm³/mol. The lowest BCUT2D eigenvalue weighted by molar-refractivity contribution is 0.0791. The Hall–Kier alpha value is -1.59. The minimum absolute atomic E-state index is 0.0171. The molecule has 140 valence electrons. The fourth-order valence-corrected chi connectivity index (χ4v) is 3.06. The fraction of sp³-hybridized carbons (Fsp3) is 0.650. The second kappa shape index (κ2) is 9.78. The minimum Gasteiger partial charge on any atom is -0.393 e. The number of carbonyl (C=O) groups excluding carboxylic acids is 1. The van der Waals surface area contributed by atoms with Crippen molar-refractivity contribution in [1.82, 2.24) is 15.1 Å². The molecule has 0 aromatic heterocycles. The van der Waals surface area contributed by atoms with Gasteiger partial charge in [-0.2, -0.15) is 0 Å². The van der Waals surface area contributed by atoms with E-state index in [1.54, 1.807) is 4.90 Å². The second-order valence-electron chi connectivity index (χ2n) is 7.54. The average molecular weight is 348 g/mol. The fourth-order valence-electron chi connectivity index (χ4n) is 3.06. The van der Waals surface area contributed by atoms with E-state index in [0.717, 1.165) is 45.4 Å². The molecule has 2 amide bonds. The lowest BCUT2D eigenvalue weighted by Crippen LogP contribution is -2.38. The van der Waals surface area contributed by atoms with Gasteiger partial charge in [0.25, 0.3) is 0 Å². The van der Waals surface area contributed by atoms with Crippen molar-refractivity contribution in [2.75, 3.05) is 26.7 Å². The molecule has 1 aliphatic heterocycles. The van der Waals surface area contributed by atoms with Gasteiger partial charge in [0.05, 0.1) is 6.10 Å². The molecule has 1 heterocycles. The Morgan fingerprint density at radius 1 is 1.28 bits per heavy atom. The molecular formula is C20H33N3O2. The lowest BCUT2D eigenvalue weighted by atomic mass is 10.0. The number of aliphatic hydroxyl groups is 1. The van der Waals surface area contributed by atoms with Crippen molar-refractivity contribution in [3.05, 3.63) is 35.4 Å². The highest BCUT2D eigenvalue weighted by Crippen LogP contribution is 2.16. The van der Waals surface area contributed by atoms with Crippen LogP contribution in [0.5, 0.6) is 0 Å². The Morgan fingerprint density at radius 2 is 1.92 bits per heavy atom. The third kappa shape index (κ3) is 6.67. The van der Waals surface area contributed by atoms with Crippen LogP contribution in [-0.4, -0.2) is 53.7 Å². The summed E-state index contributed by atoms with van der Waals surface area (Å²) in [5, 5.41) is 12.7. The van der Waals surface area contributed by atoms with Gasteiger partial charge in [-0.05, 0) is 36.3 Å². The Kier molecular flexibility index (Phi) is 7.72. The van der Waals surface area contributed by atoms with E-state index < -0.39 is 0 Å². The van der Waals surface area contributed by atoms with E-state index in [9.17, 15) is 9.90 Å². The molecule has 2 rings (SSSR count). The molecule has 5 nitrogen and oxygen atoms in total. The smallest absolute Gasteiger partial charge is 0.317 e. The van der Waals surface area contributed by atoms with Crippen LogP contribution in [0, 0.1) is 5.92 Å². The molecule has 0 bridgehead atoms. The number of aliphatic hydroxyl groups excluding tert-OH is 1. The van der Waals surface area contributed by atoms with E-state index in [1.165, 1.54) is 11.1 Å². The zero-order valence-electron chi connectivity index (χ0n) is 15.9. The molecular weight excluding hydrogens is 314 g/mol. The zero-order chi connectivity index (χ0) is 18.2. The molecule has 0 aliphatic carbocycles. The molecule has 0 saturated carbocycles. The highest BCUT2D eigenvalue weighted by atomic mass is 16.3. The zero-order valence-corrected chi connectivity index (χ0v) is 15.9. The van der Waals surface area contributed by atoms with E-state index in [2.05, 4.69) is 36.2 Å². The van der Waals surface area contributed by atoms with Gasteiger partial charge >= 0.3 is 6.03 Å². The van der Waals surface area contributed by atoms with Crippen LogP contribution in [0.4, 0.5) is 4.79 Å². The molecule has 0 unspecified atom stereocenters. The molecule has 1 aromatic rings. The summed E-state index contributed by atoms with van der Waals surface area (Å²) in [6.07, 6.45) is 2.56. The van der Waals surface area contributed by atoms with Crippen molar-refractivity contribution in [2.45, 2.75) is 52.3 Å². The van der Waals surface area contributed by atoms with Crippen LogP contribution in [-0.2, 0) is 13.1 Å². The highest BCUT2D eigenvalue weighted by molar-refractivity contribution is 5.73. The first kappa shape index (κ1) is 19.7. The van der Waals surface area contributed by atoms with Crippen molar-refractivity contribution >= 4 is 6.03 Å². The number of urea groups is 1. The van der Waals surface area contributed by atoms with E-state index in [1.807, 2.05) is 19.2 Å². The van der Waals surface area contributed by atoms with Crippen molar-refractivity contribution in [2.24, 2.45) is 5.92 Å². The first-order chi connectivity index (χ1) is 12.0. The van der Waals surface area contributed by atoms with Gasteiger partial charge in [0.1, 0.15) is 0 Å². The second-order valence-corrected chi connectivity index (χ2v) is 7.54. The van der Waals surface area contributed by atoms with E-state index in [0.29, 0.717) is 12.5 Å². The first-order valence-electron chi connectivity index (χ1n) is 9.42. The third-order valence-electron chi connectivity index (χ3n) is 4.89. The third-order valence-corrected chi connectivity index (χ3v) is 4.89. The van der Waals surface area contributed by atoms with Crippen molar-refractivity contribution in [3.8, 4) is 0 Å². The Morgan fingerprint density at radius 3 is 2.56 bits per heavy atom. The number of amides is 2. The average Bonchev–Trinajstić information content (AvgIpc) is 2.60. The number of hydrogen-bond donors (Lipinski definition) is 2. The highest BCUT2D eigenvalue weighted by Gasteiger charge is 2.18. The first-order valence-corrected chi connectivity index (χ1v) is 9.42. The summed E-state index contributed by atoms with van der Waals surface area (Å²) in [7, 11) is 1.85. The van der Waals surface area contributed by atoms with Crippen LogP contribution in [0.15, 0.2) is 24.3 Å². The Balaban J connectivity index is 1.86. The van der Waals surface area contributed by atoms with Gasteiger partial charge in [0, 0.05) is 39.8 Å². The van der Waals surface area contributed by atoms with Crippen molar-refractivity contribution < 1.29 is 9.90 Å². The maximum Gasteiger partial charge on any atom is 0.317 e. The number of benzene rings is 1.